The van der Waals surface area contributed by atoms with E-state index in [0.29, 0.717) is 11.4 Å². The molecule has 3 aromatic rings. The molecule has 94 valence electrons. The van der Waals surface area contributed by atoms with Gasteiger partial charge in [-0.05, 0) is 30.3 Å². The Labute approximate surface area is 117 Å². The summed E-state index contributed by atoms with van der Waals surface area (Å²) >= 11 is 3.39. The maximum absolute atomic E-state index is 12.2. The maximum Gasteiger partial charge on any atom is 0.276 e. The molecule has 0 saturated carbocycles. The van der Waals surface area contributed by atoms with Crippen LogP contribution in [0.25, 0.3) is 10.9 Å². The summed E-state index contributed by atoms with van der Waals surface area (Å²) in [6.45, 7) is 0. The molecule has 19 heavy (non-hydrogen) atoms. The van der Waals surface area contributed by atoms with Gasteiger partial charge in [-0.25, -0.2) is 0 Å². The van der Waals surface area contributed by atoms with Crippen LogP contribution in [0.15, 0.2) is 47.2 Å². The highest BCUT2D eigenvalue weighted by molar-refractivity contribution is 9.10. The molecular weight excluding hydrogens is 308 g/mol. The van der Waals surface area contributed by atoms with Crippen molar-refractivity contribution in [1.29, 1.82) is 0 Å². The monoisotopic (exact) mass is 316 g/mol. The van der Waals surface area contributed by atoms with Gasteiger partial charge in [0.25, 0.3) is 5.91 Å². The summed E-state index contributed by atoms with van der Waals surface area (Å²) in [5, 5.41) is 10.5. The Morgan fingerprint density at radius 3 is 2.79 bits per heavy atom. The quantitative estimate of drug-likeness (QED) is 0.763. The number of H-pyrrole nitrogens is 1. The number of aromatic amines is 1. The van der Waals surface area contributed by atoms with Gasteiger partial charge in [-0.2, -0.15) is 5.10 Å². The minimum absolute atomic E-state index is 0.254. The van der Waals surface area contributed by atoms with Crippen molar-refractivity contribution >= 4 is 38.4 Å². The number of halogens is 1. The lowest BCUT2D eigenvalue weighted by atomic mass is 10.2. The molecule has 0 atom stereocenters. The summed E-state index contributed by atoms with van der Waals surface area (Å²) in [6, 6.07) is 9.08. The molecule has 5 nitrogen and oxygen atoms in total. The van der Waals surface area contributed by atoms with Crippen LogP contribution < -0.4 is 5.32 Å². The normalized spacial score (nSPS) is 10.6. The van der Waals surface area contributed by atoms with Gasteiger partial charge < -0.3 is 5.32 Å². The third-order valence-electron chi connectivity index (χ3n) is 2.68. The third kappa shape index (κ3) is 2.34. The SMILES string of the molecule is O=C(Nc1ccncc1)c1n[nH]c2ccc(Br)cc12. The molecule has 2 heterocycles. The van der Waals surface area contributed by atoms with Crippen LogP contribution in [0.1, 0.15) is 10.5 Å². The molecule has 0 saturated heterocycles. The topological polar surface area (TPSA) is 70.7 Å². The number of hydrogen-bond donors (Lipinski definition) is 2. The van der Waals surface area contributed by atoms with Crippen molar-refractivity contribution in [3.8, 4) is 0 Å². The smallest absolute Gasteiger partial charge is 0.276 e. The Hall–Kier alpha value is -2.21. The van der Waals surface area contributed by atoms with Crippen LogP contribution in [0.2, 0.25) is 0 Å². The zero-order valence-electron chi connectivity index (χ0n) is 9.72. The fourth-order valence-corrected chi connectivity index (χ4v) is 2.15. The van der Waals surface area contributed by atoms with Crippen molar-refractivity contribution in [3.63, 3.8) is 0 Å². The molecule has 3 rings (SSSR count). The summed E-state index contributed by atoms with van der Waals surface area (Å²) in [6.07, 6.45) is 3.24. The van der Waals surface area contributed by atoms with Crippen molar-refractivity contribution in [2.75, 3.05) is 5.32 Å². The summed E-state index contributed by atoms with van der Waals surface area (Å²) in [4.78, 5) is 16.1. The Kier molecular flexibility index (Phi) is 3.00. The van der Waals surface area contributed by atoms with Crippen molar-refractivity contribution in [2.45, 2.75) is 0 Å². The van der Waals surface area contributed by atoms with Crippen molar-refractivity contribution in [3.05, 3.63) is 52.9 Å². The average molecular weight is 317 g/mol. The first-order valence-electron chi connectivity index (χ1n) is 5.59. The molecule has 0 aliphatic heterocycles. The average Bonchev–Trinajstić information content (AvgIpc) is 2.82. The number of fused-ring (bicyclic) bond motifs is 1. The summed E-state index contributed by atoms with van der Waals surface area (Å²) < 4.78 is 0.902. The van der Waals surface area contributed by atoms with E-state index in [0.717, 1.165) is 15.4 Å². The van der Waals surface area contributed by atoms with E-state index in [1.165, 1.54) is 0 Å². The molecule has 1 aromatic carbocycles. The molecule has 2 aromatic heterocycles. The van der Waals surface area contributed by atoms with E-state index in [-0.39, 0.29) is 5.91 Å². The lowest BCUT2D eigenvalue weighted by Gasteiger charge is -2.02. The molecule has 0 unspecified atom stereocenters. The van der Waals surface area contributed by atoms with Gasteiger partial charge in [0, 0.05) is 27.9 Å². The number of amides is 1. The van der Waals surface area contributed by atoms with E-state index in [2.05, 4.69) is 36.4 Å². The van der Waals surface area contributed by atoms with Crippen molar-refractivity contribution in [2.24, 2.45) is 0 Å². The van der Waals surface area contributed by atoms with Crippen LogP contribution in [-0.4, -0.2) is 21.1 Å². The van der Waals surface area contributed by atoms with Crippen molar-refractivity contribution < 1.29 is 4.79 Å². The molecular formula is C13H9BrN4O. The molecule has 1 amide bonds. The lowest BCUT2D eigenvalue weighted by Crippen LogP contribution is -2.12. The molecule has 0 fully saturated rings. The number of aromatic nitrogens is 3. The first-order chi connectivity index (χ1) is 9.24. The van der Waals surface area contributed by atoms with Crippen LogP contribution in [0, 0.1) is 0 Å². The predicted octanol–water partition coefficient (Wildman–Crippen LogP) is 2.97. The summed E-state index contributed by atoms with van der Waals surface area (Å²) in [5.74, 6) is -0.254. The Balaban J connectivity index is 1.96. The molecule has 0 aliphatic carbocycles. The second kappa shape index (κ2) is 4.81. The first-order valence-corrected chi connectivity index (χ1v) is 6.38. The molecule has 0 bridgehead atoms. The fraction of sp³-hybridized carbons (Fsp3) is 0. The number of anilines is 1. The minimum Gasteiger partial charge on any atom is -0.320 e. The van der Waals surface area contributed by atoms with Gasteiger partial charge in [0.2, 0.25) is 0 Å². The molecule has 0 spiro atoms. The Bertz CT molecular complexity index is 739. The van der Waals surface area contributed by atoms with Gasteiger partial charge in [0.1, 0.15) is 0 Å². The Morgan fingerprint density at radius 2 is 2.00 bits per heavy atom. The van der Waals surface area contributed by atoms with Crippen LogP contribution in [0.4, 0.5) is 5.69 Å². The molecule has 0 radical (unpaired) electrons. The van der Waals surface area contributed by atoms with Crippen LogP contribution >= 0.6 is 15.9 Å². The Morgan fingerprint density at radius 1 is 1.21 bits per heavy atom. The first kappa shape index (κ1) is 11.9. The standard InChI is InChI=1S/C13H9BrN4O/c14-8-1-2-11-10(7-8)12(18-17-11)13(19)16-9-3-5-15-6-4-9/h1-7H,(H,17,18)(H,15,16,19). The fourth-order valence-electron chi connectivity index (χ4n) is 1.78. The van der Waals surface area contributed by atoms with Gasteiger partial charge in [-0.15, -0.1) is 0 Å². The van der Waals surface area contributed by atoms with E-state index in [1.807, 2.05) is 18.2 Å². The zero-order chi connectivity index (χ0) is 13.2. The van der Waals surface area contributed by atoms with Gasteiger partial charge in [0.05, 0.1) is 5.52 Å². The van der Waals surface area contributed by atoms with E-state index in [1.54, 1.807) is 24.5 Å². The van der Waals surface area contributed by atoms with Crippen LogP contribution in [-0.2, 0) is 0 Å². The highest BCUT2D eigenvalue weighted by atomic mass is 79.9. The van der Waals surface area contributed by atoms with Gasteiger partial charge in [0.15, 0.2) is 5.69 Å². The maximum atomic E-state index is 12.2. The second-order valence-electron chi connectivity index (χ2n) is 3.95. The number of carbonyl (C=O) groups excluding carboxylic acids is 1. The van der Waals surface area contributed by atoms with E-state index < -0.39 is 0 Å². The minimum atomic E-state index is -0.254. The van der Waals surface area contributed by atoms with Crippen LogP contribution in [0.3, 0.4) is 0 Å². The van der Waals surface area contributed by atoms with Crippen molar-refractivity contribution in [1.82, 2.24) is 15.2 Å². The summed E-state index contributed by atoms with van der Waals surface area (Å²) in [5.41, 5.74) is 1.88. The van der Waals surface area contributed by atoms with E-state index >= 15 is 0 Å². The van der Waals surface area contributed by atoms with E-state index in [4.69, 9.17) is 0 Å². The molecule has 2 N–H and O–H groups in total. The number of carbonyl (C=O) groups is 1. The number of nitrogens with zero attached hydrogens (tertiary/aromatic N) is 2. The summed E-state index contributed by atoms with van der Waals surface area (Å²) in [7, 11) is 0. The van der Waals surface area contributed by atoms with Gasteiger partial charge in [-0.1, -0.05) is 15.9 Å². The number of nitrogens with one attached hydrogen (secondary N) is 2. The largest absolute Gasteiger partial charge is 0.320 e. The highest BCUT2D eigenvalue weighted by Crippen LogP contribution is 2.21. The lowest BCUT2D eigenvalue weighted by molar-refractivity contribution is 0.102. The number of benzene rings is 1. The third-order valence-corrected chi connectivity index (χ3v) is 3.17. The number of pyridine rings is 1. The zero-order valence-corrected chi connectivity index (χ0v) is 11.3. The number of rotatable bonds is 2. The van der Waals surface area contributed by atoms with Gasteiger partial charge in [-0.3, -0.25) is 14.9 Å². The second-order valence-corrected chi connectivity index (χ2v) is 4.87. The predicted molar refractivity (Wildman–Crippen MR) is 76.0 cm³/mol. The highest BCUT2D eigenvalue weighted by Gasteiger charge is 2.14. The van der Waals surface area contributed by atoms with Gasteiger partial charge >= 0.3 is 0 Å². The number of hydrogen-bond acceptors (Lipinski definition) is 3. The molecule has 0 aliphatic rings. The molecule has 6 heteroatoms. The van der Waals surface area contributed by atoms with E-state index in [9.17, 15) is 4.79 Å². The van der Waals surface area contributed by atoms with Crippen LogP contribution in [0.5, 0.6) is 0 Å².